The summed E-state index contributed by atoms with van der Waals surface area (Å²) in [6, 6.07) is 8.69. The van der Waals surface area contributed by atoms with Gasteiger partial charge in [0.1, 0.15) is 5.75 Å². The van der Waals surface area contributed by atoms with Gasteiger partial charge < -0.3 is 25.2 Å². The number of benzene rings is 1. The molecule has 6 heteroatoms. The Bertz CT molecular complexity index is 831. The van der Waals surface area contributed by atoms with Crippen molar-refractivity contribution in [1.82, 2.24) is 10.6 Å². The van der Waals surface area contributed by atoms with Crippen molar-refractivity contribution in [2.24, 2.45) is 16.7 Å². The smallest absolute Gasteiger partial charge is 0.220 e. The molecule has 34 heavy (non-hydrogen) atoms. The Hall–Kier alpha value is -1.63. The van der Waals surface area contributed by atoms with Gasteiger partial charge in [-0.3, -0.25) is 4.79 Å². The SMILES string of the molecule is COc1ccc(CNC(=O)CCC23CCC(C)(O)CC2C(C)(C)CC3NC2CCOCC2)cc1. The van der Waals surface area contributed by atoms with Crippen LogP contribution in [0.4, 0.5) is 0 Å². The lowest BCUT2D eigenvalue weighted by atomic mass is 9.57. The summed E-state index contributed by atoms with van der Waals surface area (Å²) in [5.41, 5.74) is 0.629. The van der Waals surface area contributed by atoms with Crippen molar-refractivity contribution in [3.63, 3.8) is 0 Å². The third-order valence-electron chi connectivity index (χ3n) is 8.96. The van der Waals surface area contributed by atoms with Crippen LogP contribution in [0.3, 0.4) is 0 Å². The molecule has 2 saturated carbocycles. The quantitative estimate of drug-likeness (QED) is 0.529. The van der Waals surface area contributed by atoms with Crippen molar-refractivity contribution < 1.29 is 19.4 Å². The van der Waals surface area contributed by atoms with Crippen molar-refractivity contribution in [3.05, 3.63) is 29.8 Å². The van der Waals surface area contributed by atoms with Crippen molar-refractivity contribution >= 4 is 5.91 Å². The maximum Gasteiger partial charge on any atom is 0.220 e. The number of rotatable bonds is 8. The number of nitrogens with one attached hydrogen (secondary N) is 2. The standard InChI is InChI=1S/C28H44N2O4/c1-26(2)18-24(30-21-10-15-34-16-11-21)28(14-13-27(3,32)17-23(26)28)12-9-25(31)29-19-20-5-7-22(33-4)8-6-20/h5-8,21,23-24,30,32H,9-19H2,1-4H3,(H,29,31). The molecule has 1 heterocycles. The van der Waals surface area contributed by atoms with Crippen LogP contribution in [0, 0.1) is 16.7 Å². The highest BCUT2D eigenvalue weighted by Gasteiger charge is 2.61. The first-order valence-electron chi connectivity index (χ1n) is 13.1. The van der Waals surface area contributed by atoms with Crippen LogP contribution in [0.5, 0.6) is 5.75 Å². The van der Waals surface area contributed by atoms with E-state index in [4.69, 9.17) is 9.47 Å². The highest BCUT2D eigenvalue weighted by Crippen LogP contribution is 2.64. The van der Waals surface area contributed by atoms with Gasteiger partial charge in [-0.1, -0.05) is 26.0 Å². The van der Waals surface area contributed by atoms with E-state index in [9.17, 15) is 9.90 Å². The minimum Gasteiger partial charge on any atom is -0.497 e. The fourth-order valence-corrected chi connectivity index (χ4v) is 6.99. The number of methoxy groups -OCH3 is 1. The van der Waals surface area contributed by atoms with Gasteiger partial charge in [-0.2, -0.15) is 0 Å². The fourth-order valence-electron chi connectivity index (χ4n) is 6.99. The highest BCUT2D eigenvalue weighted by atomic mass is 16.5. The van der Waals surface area contributed by atoms with E-state index in [1.807, 2.05) is 31.2 Å². The zero-order valence-corrected chi connectivity index (χ0v) is 21.5. The Kier molecular flexibility index (Phi) is 7.61. The molecule has 6 nitrogen and oxygen atoms in total. The number of carbonyl (C=O) groups is 1. The number of ether oxygens (including phenoxy) is 2. The van der Waals surface area contributed by atoms with Crippen molar-refractivity contribution in [2.45, 2.75) is 96.4 Å². The van der Waals surface area contributed by atoms with E-state index in [-0.39, 0.29) is 16.7 Å². The predicted octanol–water partition coefficient (Wildman–Crippen LogP) is 4.20. The van der Waals surface area contributed by atoms with Gasteiger partial charge in [0.2, 0.25) is 5.91 Å². The van der Waals surface area contributed by atoms with E-state index in [1.165, 1.54) is 0 Å². The number of carbonyl (C=O) groups excluding carboxylic acids is 1. The normalized spacial score (nSPS) is 33.3. The molecular weight excluding hydrogens is 428 g/mol. The van der Waals surface area contributed by atoms with Crippen molar-refractivity contribution in [3.8, 4) is 5.75 Å². The van der Waals surface area contributed by atoms with Crippen molar-refractivity contribution in [2.75, 3.05) is 20.3 Å². The largest absolute Gasteiger partial charge is 0.497 e. The summed E-state index contributed by atoms with van der Waals surface area (Å²) >= 11 is 0. The molecule has 3 aliphatic rings. The average molecular weight is 473 g/mol. The van der Waals surface area contributed by atoms with Crippen LogP contribution in [0.2, 0.25) is 0 Å². The first-order chi connectivity index (χ1) is 16.1. The Labute approximate surface area is 205 Å². The zero-order valence-electron chi connectivity index (χ0n) is 21.5. The maximum atomic E-state index is 12.9. The average Bonchev–Trinajstić information content (AvgIpc) is 3.02. The van der Waals surface area contributed by atoms with E-state index in [1.54, 1.807) is 7.11 Å². The highest BCUT2D eigenvalue weighted by molar-refractivity contribution is 5.76. The Balaban J connectivity index is 1.44. The third-order valence-corrected chi connectivity index (χ3v) is 8.96. The van der Waals surface area contributed by atoms with Gasteiger partial charge in [0.15, 0.2) is 0 Å². The molecule has 4 atom stereocenters. The van der Waals surface area contributed by atoms with Crippen LogP contribution in [-0.4, -0.2) is 49.0 Å². The zero-order chi connectivity index (χ0) is 24.4. The minimum atomic E-state index is -0.615. The molecule has 0 spiro atoms. The minimum absolute atomic E-state index is 0.0432. The summed E-state index contributed by atoms with van der Waals surface area (Å²) in [5, 5.41) is 18.1. The van der Waals surface area contributed by atoms with Gasteiger partial charge in [-0.05, 0) is 86.3 Å². The third kappa shape index (κ3) is 5.60. The molecule has 4 rings (SSSR count). The van der Waals surface area contributed by atoms with Gasteiger partial charge in [0.25, 0.3) is 0 Å². The van der Waals surface area contributed by atoms with Gasteiger partial charge in [-0.25, -0.2) is 0 Å². The Morgan fingerprint density at radius 2 is 1.82 bits per heavy atom. The number of aliphatic hydroxyl groups is 1. The molecule has 0 radical (unpaired) electrons. The molecular formula is C28H44N2O4. The van der Waals surface area contributed by atoms with Gasteiger partial charge in [0.05, 0.1) is 12.7 Å². The van der Waals surface area contributed by atoms with Gasteiger partial charge in [0, 0.05) is 38.3 Å². The summed E-state index contributed by atoms with van der Waals surface area (Å²) in [7, 11) is 1.66. The molecule has 190 valence electrons. The molecule has 1 aliphatic heterocycles. The number of hydrogen-bond donors (Lipinski definition) is 3. The molecule has 3 N–H and O–H groups in total. The molecule has 1 aromatic carbocycles. The van der Waals surface area contributed by atoms with E-state index >= 15 is 0 Å². The summed E-state index contributed by atoms with van der Waals surface area (Å²) in [6.45, 7) is 8.91. The first kappa shape index (κ1) is 25.5. The van der Waals surface area contributed by atoms with E-state index in [0.717, 1.165) is 69.5 Å². The van der Waals surface area contributed by atoms with Crippen LogP contribution in [0.25, 0.3) is 0 Å². The van der Waals surface area contributed by atoms with Gasteiger partial charge >= 0.3 is 0 Å². The second-order valence-corrected chi connectivity index (χ2v) is 11.9. The summed E-state index contributed by atoms with van der Waals surface area (Å²) in [5.74, 6) is 1.33. The first-order valence-corrected chi connectivity index (χ1v) is 13.1. The fraction of sp³-hybridized carbons (Fsp3) is 0.750. The van der Waals surface area contributed by atoms with Crippen LogP contribution in [0.15, 0.2) is 24.3 Å². The van der Waals surface area contributed by atoms with Crippen LogP contribution >= 0.6 is 0 Å². The topological polar surface area (TPSA) is 79.8 Å². The van der Waals surface area contributed by atoms with Crippen LogP contribution < -0.4 is 15.4 Å². The van der Waals surface area contributed by atoms with Crippen LogP contribution in [-0.2, 0) is 16.1 Å². The van der Waals surface area contributed by atoms with Gasteiger partial charge in [-0.15, -0.1) is 0 Å². The second kappa shape index (κ2) is 10.2. The Morgan fingerprint density at radius 3 is 2.50 bits per heavy atom. The van der Waals surface area contributed by atoms with E-state index < -0.39 is 5.60 Å². The molecule has 4 unspecified atom stereocenters. The lowest BCUT2D eigenvalue weighted by Gasteiger charge is -2.51. The summed E-state index contributed by atoms with van der Waals surface area (Å²) in [4.78, 5) is 12.9. The lowest BCUT2D eigenvalue weighted by molar-refractivity contribution is -0.123. The van der Waals surface area contributed by atoms with E-state index in [2.05, 4.69) is 24.5 Å². The molecule has 2 aliphatic carbocycles. The maximum absolute atomic E-state index is 12.9. The number of hydrogen-bond acceptors (Lipinski definition) is 5. The molecule has 0 bridgehead atoms. The second-order valence-electron chi connectivity index (χ2n) is 11.9. The molecule has 1 saturated heterocycles. The molecule has 3 fully saturated rings. The molecule has 1 amide bonds. The predicted molar refractivity (Wildman–Crippen MR) is 134 cm³/mol. The van der Waals surface area contributed by atoms with E-state index in [0.29, 0.717) is 31.0 Å². The monoisotopic (exact) mass is 472 g/mol. The molecule has 1 aromatic rings. The number of fused-ring (bicyclic) bond motifs is 1. The number of amides is 1. The Morgan fingerprint density at radius 1 is 1.12 bits per heavy atom. The summed E-state index contributed by atoms with van der Waals surface area (Å²) in [6.07, 6.45) is 7.19. The molecule has 0 aromatic heterocycles. The van der Waals surface area contributed by atoms with Crippen LogP contribution in [0.1, 0.15) is 77.7 Å². The lowest BCUT2D eigenvalue weighted by Crippen LogP contribution is -2.54. The summed E-state index contributed by atoms with van der Waals surface area (Å²) < 4.78 is 10.8. The van der Waals surface area contributed by atoms with Crippen molar-refractivity contribution in [1.29, 1.82) is 0 Å².